The molecule has 0 saturated carbocycles. The lowest BCUT2D eigenvalue weighted by Crippen LogP contribution is -2.38. The van der Waals surface area contributed by atoms with E-state index in [-0.39, 0.29) is 5.91 Å². The molecule has 2 heterocycles. The Morgan fingerprint density at radius 1 is 0.968 bits per heavy atom. The first-order valence-corrected chi connectivity index (χ1v) is 11.2. The molecule has 0 bridgehead atoms. The topological polar surface area (TPSA) is 59.2 Å². The van der Waals surface area contributed by atoms with Gasteiger partial charge in [0, 0.05) is 32.0 Å². The van der Waals surface area contributed by atoms with Crippen LogP contribution >= 0.6 is 0 Å². The Hall–Kier alpha value is -2.98. The molecule has 160 valence electrons. The number of rotatable bonds is 6. The van der Waals surface area contributed by atoms with Crippen molar-refractivity contribution >= 4 is 5.91 Å². The normalized spacial score (nSPS) is 14.6. The highest BCUT2D eigenvalue weighted by Crippen LogP contribution is 2.31. The molecule has 0 unspecified atom stereocenters. The first-order chi connectivity index (χ1) is 15.1. The fraction of sp³-hybridized carbons (Fsp3) is 0.333. The van der Waals surface area contributed by atoms with Gasteiger partial charge in [-0.1, -0.05) is 48.5 Å². The van der Waals surface area contributed by atoms with E-state index in [0.29, 0.717) is 18.0 Å². The highest BCUT2D eigenvalue weighted by molar-refractivity contribution is 5.94. The molecule has 4 rings (SSSR count). The van der Waals surface area contributed by atoms with E-state index in [9.17, 15) is 4.79 Å². The number of aromatic nitrogens is 1. The van der Waals surface area contributed by atoms with Gasteiger partial charge in [-0.3, -0.25) is 9.78 Å². The van der Waals surface area contributed by atoms with Gasteiger partial charge in [0.1, 0.15) is 0 Å². The summed E-state index contributed by atoms with van der Waals surface area (Å²) in [6.45, 7) is 4.30. The number of carbonyl (C=O) groups is 1. The van der Waals surface area contributed by atoms with E-state index in [0.717, 1.165) is 44.3 Å². The number of nitrogens with two attached hydrogens (primary N) is 1. The van der Waals surface area contributed by atoms with E-state index in [1.54, 1.807) is 6.20 Å². The van der Waals surface area contributed by atoms with Crippen LogP contribution in [0, 0.1) is 6.92 Å². The van der Waals surface area contributed by atoms with Crippen molar-refractivity contribution in [3.05, 3.63) is 100 Å². The van der Waals surface area contributed by atoms with E-state index in [1.807, 2.05) is 23.2 Å². The molecule has 0 atom stereocenters. The van der Waals surface area contributed by atoms with Gasteiger partial charge in [-0.15, -0.1) is 0 Å². The average Bonchev–Trinajstić information content (AvgIpc) is 2.83. The number of aryl methyl sites for hydroxylation is 3. The molecule has 1 fully saturated rings. The summed E-state index contributed by atoms with van der Waals surface area (Å²) in [6, 6.07) is 19.0. The monoisotopic (exact) mass is 413 g/mol. The van der Waals surface area contributed by atoms with Crippen LogP contribution in [-0.2, 0) is 19.4 Å². The first-order valence-electron chi connectivity index (χ1n) is 11.2. The number of hydrogen-bond donors (Lipinski definition) is 1. The van der Waals surface area contributed by atoms with Crippen molar-refractivity contribution in [2.75, 3.05) is 13.1 Å². The molecule has 3 aromatic rings. The Morgan fingerprint density at radius 3 is 2.45 bits per heavy atom. The lowest BCUT2D eigenvalue weighted by Gasteiger charge is -2.33. The number of carbonyl (C=O) groups excluding carboxylic acids is 1. The quantitative estimate of drug-likeness (QED) is 0.640. The number of amides is 1. The third-order valence-electron chi connectivity index (χ3n) is 6.39. The minimum Gasteiger partial charge on any atom is -0.339 e. The van der Waals surface area contributed by atoms with Crippen LogP contribution in [0.15, 0.2) is 67.0 Å². The molecule has 1 saturated heterocycles. The Kier molecular flexibility index (Phi) is 6.78. The Bertz CT molecular complexity index is 1020. The predicted molar refractivity (Wildman–Crippen MR) is 125 cm³/mol. The molecule has 2 aromatic carbocycles. The summed E-state index contributed by atoms with van der Waals surface area (Å²) in [6.07, 6.45) is 7.39. The fourth-order valence-corrected chi connectivity index (χ4v) is 4.51. The standard InChI is InChI=1S/C27H31N3O/c1-20-7-8-22(17-28)16-26(20)24-11-13-30(14-12-24)27(31)25-15-23(18-29-19-25)10-9-21-5-3-2-4-6-21/h2-8,15-16,18-19,24H,9-14,17,28H2,1H3. The second kappa shape index (κ2) is 9.88. The van der Waals surface area contributed by atoms with Crippen LogP contribution in [0.25, 0.3) is 0 Å². The summed E-state index contributed by atoms with van der Waals surface area (Å²) in [5, 5.41) is 0. The zero-order chi connectivity index (χ0) is 21.6. The summed E-state index contributed by atoms with van der Waals surface area (Å²) in [4.78, 5) is 19.4. The lowest BCUT2D eigenvalue weighted by molar-refractivity contribution is 0.0712. The summed E-state index contributed by atoms with van der Waals surface area (Å²) in [5.74, 6) is 0.589. The molecule has 0 radical (unpaired) electrons. The van der Waals surface area contributed by atoms with Crippen molar-refractivity contribution in [2.45, 2.75) is 45.1 Å². The molecular formula is C27H31N3O. The van der Waals surface area contributed by atoms with Crippen molar-refractivity contribution in [1.29, 1.82) is 0 Å². The minimum atomic E-state index is 0.0972. The first kappa shape index (κ1) is 21.3. The number of nitrogens with zero attached hydrogens (tertiary/aromatic N) is 2. The van der Waals surface area contributed by atoms with E-state index in [4.69, 9.17) is 5.73 Å². The van der Waals surface area contributed by atoms with Crippen LogP contribution < -0.4 is 5.73 Å². The van der Waals surface area contributed by atoms with E-state index >= 15 is 0 Å². The fourth-order valence-electron chi connectivity index (χ4n) is 4.51. The average molecular weight is 414 g/mol. The number of hydrogen-bond acceptors (Lipinski definition) is 3. The zero-order valence-electron chi connectivity index (χ0n) is 18.3. The molecule has 1 amide bonds. The maximum absolute atomic E-state index is 13.1. The van der Waals surface area contributed by atoms with Crippen molar-refractivity contribution in [2.24, 2.45) is 5.73 Å². The van der Waals surface area contributed by atoms with Gasteiger partial charge in [0.05, 0.1) is 5.56 Å². The van der Waals surface area contributed by atoms with Crippen LogP contribution in [0.3, 0.4) is 0 Å². The third kappa shape index (κ3) is 5.20. The lowest BCUT2D eigenvalue weighted by atomic mass is 9.85. The molecule has 1 aliphatic heterocycles. The highest BCUT2D eigenvalue weighted by Gasteiger charge is 2.25. The van der Waals surface area contributed by atoms with Crippen molar-refractivity contribution < 1.29 is 4.79 Å². The van der Waals surface area contributed by atoms with Gasteiger partial charge in [0.15, 0.2) is 0 Å². The largest absolute Gasteiger partial charge is 0.339 e. The molecule has 0 aliphatic carbocycles. The van der Waals surface area contributed by atoms with Crippen molar-refractivity contribution in [1.82, 2.24) is 9.88 Å². The summed E-state index contributed by atoms with van der Waals surface area (Å²) < 4.78 is 0. The van der Waals surface area contributed by atoms with Gasteiger partial charge in [-0.25, -0.2) is 0 Å². The molecule has 1 aliphatic rings. The second-order valence-corrected chi connectivity index (χ2v) is 8.53. The molecule has 2 N–H and O–H groups in total. The van der Waals surface area contributed by atoms with Gasteiger partial charge in [-0.2, -0.15) is 0 Å². The number of piperidine rings is 1. The van der Waals surface area contributed by atoms with E-state index < -0.39 is 0 Å². The van der Waals surface area contributed by atoms with Crippen LogP contribution in [-0.4, -0.2) is 28.9 Å². The molecule has 1 aromatic heterocycles. The maximum Gasteiger partial charge on any atom is 0.255 e. The van der Waals surface area contributed by atoms with Gasteiger partial charge in [0.25, 0.3) is 5.91 Å². The summed E-state index contributed by atoms with van der Waals surface area (Å²) in [7, 11) is 0. The van der Waals surface area contributed by atoms with Crippen LogP contribution in [0.2, 0.25) is 0 Å². The number of benzene rings is 2. The second-order valence-electron chi connectivity index (χ2n) is 8.53. The summed E-state index contributed by atoms with van der Waals surface area (Å²) >= 11 is 0. The highest BCUT2D eigenvalue weighted by atomic mass is 16.2. The molecular weight excluding hydrogens is 382 g/mol. The third-order valence-corrected chi connectivity index (χ3v) is 6.39. The molecule has 0 spiro atoms. The predicted octanol–water partition coefficient (Wildman–Crippen LogP) is 4.65. The van der Waals surface area contributed by atoms with Gasteiger partial charge >= 0.3 is 0 Å². The number of pyridine rings is 1. The Balaban J connectivity index is 1.37. The van der Waals surface area contributed by atoms with Gasteiger partial charge in [-0.05, 0) is 72.4 Å². The van der Waals surface area contributed by atoms with Crippen LogP contribution in [0.5, 0.6) is 0 Å². The minimum absolute atomic E-state index is 0.0972. The van der Waals surface area contributed by atoms with E-state index in [2.05, 4.69) is 54.4 Å². The smallest absolute Gasteiger partial charge is 0.255 e. The number of likely N-dealkylation sites (tertiary alicyclic amines) is 1. The van der Waals surface area contributed by atoms with Crippen molar-refractivity contribution in [3.8, 4) is 0 Å². The van der Waals surface area contributed by atoms with Gasteiger partial charge in [0.2, 0.25) is 0 Å². The van der Waals surface area contributed by atoms with E-state index in [1.165, 1.54) is 22.3 Å². The maximum atomic E-state index is 13.1. The van der Waals surface area contributed by atoms with Crippen LogP contribution in [0.1, 0.15) is 56.9 Å². The molecule has 31 heavy (non-hydrogen) atoms. The Morgan fingerprint density at radius 2 is 1.71 bits per heavy atom. The zero-order valence-corrected chi connectivity index (χ0v) is 18.3. The summed E-state index contributed by atoms with van der Waals surface area (Å²) in [5.41, 5.74) is 12.8. The molecule has 4 heteroatoms. The SMILES string of the molecule is Cc1ccc(CN)cc1C1CCN(C(=O)c2cncc(CCc3ccccc3)c2)CC1. The Labute approximate surface area is 185 Å². The van der Waals surface area contributed by atoms with Gasteiger partial charge < -0.3 is 10.6 Å². The van der Waals surface area contributed by atoms with Crippen molar-refractivity contribution in [3.63, 3.8) is 0 Å². The molecule has 4 nitrogen and oxygen atoms in total. The van der Waals surface area contributed by atoms with Crippen LogP contribution in [0.4, 0.5) is 0 Å².